The molecule has 1 aliphatic heterocycles. The summed E-state index contributed by atoms with van der Waals surface area (Å²) >= 11 is 0. The fourth-order valence-corrected chi connectivity index (χ4v) is 3.09. The highest BCUT2D eigenvalue weighted by atomic mass is 16.3. The minimum atomic E-state index is 0.0615. The van der Waals surface area contributed by atoms with Gasteiger partial charge < -0.3 is 14.9 Å². The first-order valence-electron chi connectivity index (χ1n) is 7.09. The summed E-state index contributed by atoms with van der Waals surface area (Å²) in [5.41, 5.74) is 2.55. The van der Waals surface area contributed by atoms with E-state index in [2.05, 4.69) is 61.9 Å². The molecule has 1 aromatic rings. The lowest BCUT2D eigenvalue weighted by Gasteiger charge is -2.43. The molecule has 0 aromatic heterocycles. The van der Waals surface area contributed by atoms with E-state index >= 15 is 0 Å². The van der Waals surface area contributed by atoms with Gasteiger partial charge in [-0.15, -0.1) is 0 Å². The lowest BCUT2D eigenvalue weighted by atomic mass is 9.95. The van der Waals surface area contributed by atoms with Gasteiger partial charge in [-0.05, 0) is 51.9 Å². The SMILES string of the molecule is Cc1cccc(N2C(CO)CN(C)CCC2(C)C)c1. The maximum absolute atomic E-state index is 9.80. The van der Waals surface area contributed by atoms with Gasteiger partial charge in [-0.1, -0.05) is 12.1 Å². The van der Waals surface area contributed by atoms with Gasteiger partial charge in [-0.3, -0.25) is 0 Å². The Labute approximate surface area is 116 Å². The molecule has 0 amide bonds. The first-order chi connectivity index (χ1) is 8.94. The molecule has 1 saturated heterocycles. The quantitative estimate of drug-likeness (QED) is 0.886. The number of anilines is 1. The zero-order valence-corrected chi connectivity index (χ0v) is 12.6. The van der Waals surface area contributed by atoms with Crippen molar-refractivity contribution in [2.24, 2.45) is 0 Å². The van der Waals surface area contributed by atoms with Crippen molar-refractivity contribution in [1.82, 2.24) is 4.90 Å². The van der Waals surface area contributed by atoms with E-state index in [-0.39, 0.29) is 18.2 Å². The van der Waals surface area contributed by atoms with Gasteiger partial charge in [-0.25, -0.2) is 0 Å². The molecule has 0 bridgehead atoms. The average molecular weight is 262 g/mol. The van der Waals surface area contributed by atoms with Crippen LogP contribution in [0.4, 0.5) is 5.69 Å². The number of aliphatic hydroxyl groups excluding tert-OH is 1. The molecule has 0 saturated carbocycles. The minimum Gasteiger partial charge on any atom is -0.394 e. The second kappa shape index (κ2) is 5.51. The van der Waals surface area contributed by atoms with E-state index in [9.17, 15) is 5.11 Å². The van der Waals surface area contributed by atoms with Crippen LogP contribution in [0.3, 0.4) is 0 Å². The molecule has 1 unspecified atom stereocenters. The third kappa shape index (κ3) is 3.10. The normalized spacial score (nSPS) is 24.3. The van der Waals surface area contributed by atoms with Crippen molar-refractivity contribution in [2.75, 3.05) is 31.6 Å². The number of aryl methyl sites for hydroxylation is 1. The summed E-state index contributed by atoms with van der Waals surface area (Å²) in [7, 11) is 2.14. The van der Waals surface area contributed by atoms with Gasteiger partial charge in [0.15, 0.2) is 0 Å². The van der Waals surface area contributed by atoms with Crippen LogP contribution in [0, 0.1) is 6.92 Å². The second-order valence-corrected chi connectivity index (χ2v) is 6.37. The van der Waals surface area contributed by atoms with E-state index in [0.717, 1.165) is 19.5 Å². The molecule has 3 heteroatoms. The summed E-state index contributed by atoms with van der Waals surface area (Å²) in [6, 6.07) is 8.75. The summed E-state index contributed by atoms with van der Waals surface area (Å²) in [6.07, 6.45) is 1.11. The number of hydrogen-bond acceptors (Lipinski definition) is 3. The maximum atomic E-state index is 9.80. The Bertz CT molecular complexity index is 431. The number of nitrogens with zero attached hydrogens (tertiary/aromatic N) is 2. The molecule has 3 nitrogen and oxygen atoms in total. The van der Waals surface area contributed by atoms with Gasteiger partial charge in [0.25, 0.3) is 0 Å². The molecule has 1 heterocycles. The third-order valence-corrected chi connectivity index (χ3v) is 4.14. The highest BCUT2D eigenvalue weighted by Gasteiger charge is 2.35. The smallest absolute Gasteiger partial charge is 0.0653 e. The maximum Gasteiger partial charge on any atom is 0.0653 e. The van der Waals surface area contributed by atoms with Crippen LogP contribution in [0.5, 0.6) is 0 Å². The Morgan fingerprint density at radius 2 is 2.11 bits per heavy atom. The van der Waals surface area contributed by atoms with E-state index in [0.29, 0.717) is 0 Å². The van der Waals surface area contributed by atoms with Gasteiger partial charge in [0, 0.05) is 24.3 Å². The van der Waals surface area contributed by atoms with E-state index < -0.39 is 0 Å². The molecule has 19 heavy (non-hydrogen) atoms. The van der Waals surface area contributed by atoms with Crippen LogP contribution in [0.1, 0.15) is 25.8 Å². The van der Waals surface area contributed by atoms with Crippen molar-refractivity contribution in [2.45, 2.75) is 38.8 Å². The first kappa shape index (κ1) is 14.4. The third-order valence-electron chi connectivity index (χ3n) is 4.14. The van der Waals surface area contributed by atoms with Crippen molar-refractivity contribution >= 4 is 5.69 Å². The van der Waals surface area contributed by atoms with Crippen LogP contribution in [0.25, 0.3) is 0 Å². The summed E-state index contributed by atoms with van der Waals surface area (Å²) in [5, 5.41) is 9.80. The van der Waals surface area contributed by atoms with Crippen molar-refractivity contribution in [1.29, 1.82) is 0 Å². The first-order valence-corrected chi connectivity index (χ1v) is 7.09. The molecule has 0 aliphatic carbocycles. The second-order valence-electron chi connectivity index (χ2n) is 6.37. The summed E-state index contributed by atoms with van der Waals surface area (Å²) in [4.78, 5) is 4.72. The van der Waals surface area contributed by atoms with Gasteiger partial charge >= 0.3 is 0 Å². The number of benzene rings is 1. The molecule has 1 atom stereocenters. The lowest BCUT2D eigenvalue weighted by Crippen LogP contribution is -2.52. The predicted molar refractivity (Wildman–Crippen MR) is 80.7 cm³/mol. The fourth-order valence-electron chi connectivity index (χ4n) is 3.09. The predicted octanol–water partition coefficient (Wildman–Crippen LogP) is 2.28. The molecule has 0 spiro atoms. The highest BCUT2D eigenvalue weighted by Crippen LogP contribution is 2.32. The van der Waals surface area contributed by atoms with Gasteiger partial charge in [0.2, 0.25) is 0 Å². The highest BCUT2D eigenvalue weighted by molar-refractivity contribution is 5.52. The molecule has 1 aromatic carbocycles. The minimum absolute atomic E-state index is 0.0615. The van der Waals surface area contributed by atoms with Crippen LogP contribution in [-0.2, 0) is 0 Å². The zero-order chi connectivity index (χ0) is 14.0. The summed E-state index contributed by atoms with van der Waals surface area (Å²) in [6.45, 7) is 8.85. The Hall–Kier alpha value is -1.06. The van der Waals surface area contributed by atoms with E-state index in [1.165, 1.54) is 11.3 Å². The van der Waals surface area contributed by atoms with Gasteiger partial charge in [-0.2, -0.15) is 0 Å². The molecule has 1 N–H and O–H groups in total. The molecule has 2 rings (SSSR count). The lowest BCUT2D eigenvalue weighted by molar-refractivity contribution is 0.224. The Balaban J connectivity index is 2.41. The topological polar surface area (TPSA) is 26.7 Å². The molecule has 0 radical (unpaired) electrons. The van der Waals surface area contributed by atoms with Crippen molar-refractivity contribution < 1.29 is 5.11 Å². The van der Waals surface area contributed by atoms with Crippen LogP contribution in [0.2, 0.25) is 0 Å². The average Bonchev–Trinajstić information content (AvgIpc) is 2.46. The van der Waals surface area contributed by atoms with Crippen LogP contribution in [0.15, 0.2) is 24.3 Å². The van der Waals surface area contributed by atoms with E-state index in [4.69, 9.17) is 0 Å². The van der Waals surface area contributed by atoms with E-state index in [1.54, 1.807) is 0 Å². The largest absolute Gasteiger partial charge is 0.394 e. The van der Waals surface area contributed by atoms with Gasteiger partial charge in [0.05, 0.1) is 12.6 Å². The van der Waals surface area contributed by atoms with Crippen LogP contribution < -0.4 is 4.90 Å². The summed E-state index contributed by atoms with van der Waals surface area (Å²) in [5.74, 6) is 0. The molecular weight excluding hydrogens is 236 g/mol. The van der Waals surface area contributed by atoms with Crippen molar-refractivity contribution in [3.8, 4) is 0 Å². The molecular formula is C16H26N2O. The number of hydrogen-bond donors (Lipinski definition) is 1. The summed E-state index contributed by atoms with van der Waals surface area (Å²) < 4.78 is 0. The molecule has 1 fully saturated rings. The van der Waals surface area contributed by atoms with Gasteiger partial charge in [0.1, 0.15) is 0 Å². The van der Waals surface area contributed by atoms with Crippen LogP contribution >= 0.6 is 0 Å². The fraction of sp³-hybridized carbons (Fsp3) is 0.625. The number of aliphatic hydroxyl groups is 1. The van der Waals surface area contributed by atoms with Crippen molar-refractivity contribution in [3.63, 3.8) is 0 Å². The zero-order valence-electron chi connectivity index (χ0n) is 12.6. The Morgan fingerprint density at radius 3 is 2.74 bits per heavy atom. The van der Waals surface area contributed by atoms with Crippen LogP contribution in [-0.4, -0.2) is 48.3 Å². The molecule has 1 aliphatic rings. The van der Waals surface area contributed by atoms with E-state index in [1.807, 2.05) is 0 Å². The molecule has 106 valence electrons. The number of rotatable bonds is 2. The Morgan fingerprint density at radius 1 is 1.37 bits per heavy atom. The Kier molecular flexibility index (Phi) is 4.16. The standard InChI is InChI=1S/C16H26N2O/c1-13-6-5-7-14(10-13)18-15(12-19)11-17(4)9-8-16(18,2)3/h5-7,10,15,19H,8-9,11-12H2,1-4H3. The van der Waals surface area contributed by atoms with Crippen molar-refractivity contribution in [3.05, 3.63) is 29.8 Å². The monoisotopic (exact) mass is 262 g/mol. The number of likely N-dealkylation sites (N-methyl/N-ethyl adjacent to an activating group) is 1.